The highest BCUT2D eigenvalue weighted by Gasteiger charge is 2.57. The molecule has 4 heteroatoms. The van der Waals surface area contributed by atoms with Crippen LogP contribution in [-0.2, 0) is 9.59 Å². The molecule has 104 valence electrons. The second-order valence-corrected chi connectivity index (χ2v) is 6.39. The largest absolute Gasteiger partial charge is 0.481 e. The number of amides is 1. The summed E-state index contributed by atoms with van der Waals surface area (Å²) >= 11 is 0. The Labute approximate surface area is 113 Å². The van der Waals surface area contributed by atoms with E-state index in [1.54, 1.807) is 0 Å². The average molecular weight is 263 g/mol. The summed E-state index contributed by atoms with van der Waals surface area (Å²) in [4.78, 5) is 23.0. The lowest BCUT2D eigenvalue weighted by Gasteiger charge is -2.24. The maximum Gasteiger partial charge on any atom is 0.306 e. The van der Waals surface area contributed by atoms with E-state index in [0.717, 1.165) is 25.7 Å². The van der Waals surface area contributed by atoms with Crippen molar-refractivity contribution in [2.45, 2.75) is 38.6 Å². The molecule has 3 aliphatic rings. The summed E-state index contributed by atoms with van der Waals surface area (Å²) in [5, 5.41) is 12.0. The predicted molar refractivity (Wildman–Crippen MR) is 70.3 cm³/mol. The highest BCUT2D eigenvalue weighted by molar-refractivity contribution is 5.80. The Bertz CT molecular complexity index is 431. The van der Waals surface area contributed by atoms with Gasteiger partial charge in [-0.2, -0.15) is 0 Å². The average Bonchev–Trinajstić information content (AvgIpc) is 3.22. The molecule has 0 unspecified atom stereocenters. The molecule has 0 bridgehead atoms. The minimum atomic E-state index is -0.673. The van der Waals surface area contributed by atoms with Crippen LogP contribution < -0.4 is 5.32 Å². The fourth-order valence-electron chi connectivity index (χ4n) is 3.43. The number of rotatable bonds is 4. The smallest absolute Gasteiger partial charge is 0.306 e. The van der Waals surface area contributed by atoms with Gasteiger partial charge >= 0.3 is 5.97 Å². The van der Waals surface area contributed by atoms with E-state index in [-0.39, 0.29) is 23.8 Å². The first-order valence-electron chi connectivity index (χ1n) is 7.26. The molecule has 0 aliphatic heterocycles. The molecule has 3 aliphatic carbocycles. The zero-order valence-electron chi connectivity index (χ0n) is 11.2. The van der Waals surface area contributed by atoms with E-state index in [1.807, 2.05) is 0 Å². The third kappa shape index (κ3) is 2.53. The Hall–Kier alpha value is -1.32. The lowest BCUT2D eigenvalue weighted by molar-refractivity contribution is -0.138. The lowest BCUT2D eigenvalue weighted by Crippen LogP contribution is -2.37. The Balaban J connectivity index is 1.47. The molecule has 2 fully saturated rings. The van der Waals surface area contributed by atoms with Gasteiger partial charge in [0, 0.05) is 12.0 Å². The van der Waals surface area contributed by atoms with Crippen LogP contribution in [0.3, 0.4) is 0 Å². The van der Waals surface area contributed by atoms with Crippen LogP contribution in [0.5, 0.6) is 0 Å². The van der Waals surface area contributed by atoms with Crippen molar-refractivity contribution in [1.82, 2.24) is 5.32 Å². The minimum Gasteiger partial charge on any atom is -0.481 e. The lowest BCUT2D eigenvalue weighted by atomic mass is 9.84. The van der Waals surface area contributed by atoms with Gasteiger partial charge in [0.15, 0.2) is 0 Å². The molecule has 0 radical (unpaired) electrons. The van der Waals surface area contributed by atoms with E-state index >= 15 is 0 Å². The molecule has 2 saturated carbocycles. The summed E-state index contributed by atoms with van der Waals surface area (Å²) in [5.74, 6) is 0.579. The number of carboxylic acids is 1. The van der Waals surface area contributed by atoms with Crippen molar-refractivity contribution in [2.75, 3.05) is 0 Å². The van der Waals surface area contributed by atoms with Crippen molar-refractivity contribution in [1.29, 1.82) is 0 Å². The van der Waals surface area contributed by atoms with E-state index in [9.17, 15) is 9.59 Å². The van der Waals surface area contributed by atoms with Crippen molar-refractivity contribution in [3.8, 4) is 0 Å². The van der Waals surface area contributed by atoms with Crippen molar-refractivity contribution in [3.63, 3.8) is 0 Å². The molecule has 0 aromatic heterocycles. The number of carbonyl (C=O) groups excluding carboxylic acids is 1. The molecule has 0 aromatic rings. The number of carbonyl (C=O) groups is 2. The van der Waals surface area contributed by atoms with Gasteiger partial charge in [-0.3, -0.25) is 9.59 Å². The second kappa shape index (κ2) is 4.66. The normalized spacial score (nSPS) is 43.6. The van der Waals surface area contributed by atoms with Crippen molar-refractivity contribution >= 4 is 11.9 Å². The predicted octanol–water partition coefficient (Wildman–Crippen LogP) is 1.81. The summed E-state index contributed by atoms with van der Waals surface area (Å²) in [5.41, 5.74) is 0. The topological polar surface area (TPSA) is 66.4 Å². The molecule has 0 heterocycles. The first-order chi connectivity index (χ1) is 9.08. The van der Waals surface area contributed by atoms with Crippen LogP contribution in [0.1, 0.15) is 32.6 Å². The molecule has 19 heavy (non-hydrogen) atoms. The van der Waals surface area contributed by atoms with Gasteiger partial charge in [-0.25, -0.2) is 0 Å². The number of allylic oxidation sites excluding steroid dienone is 2. The highest BCUT2D eigenvalue weighted by Crippen LogP contribution is 2.54. The minimum absolute atomic E-state index is 0.0979. The standard InChI is InChI=1S/C15H21NO3/c1-8-4-2-3-5-9(8)14(17)16-13-7-11(13)10-6-12(10)15(18)19/h2-3,8-13H,4-7H2,1H3,(H,16,17)(H,18,19)/t8-,9-,10+,11-,12+,13-/m1/s1. The van der Waals surface area contributed by atoms with Crippen LogP contribution in [0.25, 0.3) is 0 Å². The van der Waals surface area contributed by atoms with E-state index in [0.29, 0.717) is 17.8 Å². The number of carboxylic acid groups (broad SMARTS) is 1. The second-order valence-electron chi connectivity index (χ2n) is 6.39. The van der Waals surface area contributed by atoms with Gasteiger partial charge < -0.3 is 10.4 Å². The molecule has 0 spiro atoms. The van der Waals surface area contributed by atoms with E-state index in [1.165, 1.54) is 0 Å². The van der Waals surface area contributed by atoms with Gasteiger partial charge in [0.2, 0.25) is 5.91 Å². The zero-order chi connectivity index (χ0) is 13.6. The maximum absolute atomic E-state index is 12.2. The van der Waals surface area contributed by atoms with E-state index in [2.05, 4.69) is 24.4 Å². The maximum atomic E-state index is 12.2. The summed E-state index contributed by atoms with van der Waals surface area (Å²) in [6.07, 6.45) is 7.83. The Morgan fingerprint density at radius 2 is 1.84 bits per heavy atom. The summed E-state index contributed by atoms with van der Waals surface area (Å²) in [6, 6.07) is 0.236. The summed E-state index contributed by atoms with van der Waals surface area (Å²) < 4.78 is 0. The van der Waals surface area contributed by atoms with Gasteiger partial charge in [0.1, 0.15) is 0 Å². The molecule has 0 aromatic carbocycles. The van der Waals surface area contributed by atoms with E-state index < -0.39 is 5.97 Å². The van der Waals surface area contributed by atoms with Crippen LogP contribution in [0.15, 0.2) is 12.2 Å². The quantitative estimate of drug-likeness (QED) is 0.760. The fraction of sp³-hybridized carbons (Fsp3) is 0.733. The molecule has 0 saturated heterocycles. The van der Waals surface area contributed by atoms with Crippen molar-refractivity contribution in [3.05, 3.63) is 12.2 Å². The summed E-state index contributed by atoms with van der Waals surface area (Å²) in [6.45, 7) is 2.12. The fourth-order valence-corrected chi connectivity index (χ4v) is 3.43. The third-order valence-corrected chi connectivity index (χ3v) is 4.96. The molecule has 6 atom stereocenters. The number of nitrogens with one attached hydrogen (secondary N) is 1. The van der Waals surface area contributed by atoms with Crippen molar-refractivity contribution in [2.24, 2.45) is 29.6 Å². The molecule has 3 rings (SSSR count). The Morgan fingerprint density at radius 3 is 2.47 bits per heavy atom. The first kappa shape index (κ1) is 12.7. The van der Waals surface area contributed by atoms with E-state index in [4.69, 9.17) is 5.11 Å². The van der Waals surface area contributed by atoms with Gasteiger partial charge in [-0.1, -0.05) is 19.1 Å². The first-order valence-corrected chi connectivity index (χ1v) is 7.26. The van der Waals surface area contributed by atoms with Crippen molar-refractivity contribution < 1.29 is 14.7 Å². The van der Waals surface area contributed by atoms with Gasteiger partial charge in [-0.15, -0.1) is 0 Å². The van der Waals surface area contributed by atoms with Crippen LogP contribution in [-0.4, -0.2) is 23.0 Å². The molecule has 1 amide bonds. The summed E-state index contributed by atoms with van der Waals surface area (Å²) in [7, 11) is 0. The van der Waals surface area contributed by atoms with Crippen LogP contribution >= 0.6 is 0 Å². The molecule has 2 N–H and O–H groups in total. The highest BCUT2D eigenvalue weighted by atomic mass is 16.4. The number of hydrogen-bond donors (Lipinski definition) is 2. The Morgan fingerprint density at radius 1 is 1.11 bits per heavy atom. The van der Waals surface area contributed by atoms with Gasteiger partial charge in [-0.05, 0) is 43.4 Å². The number of hydrogen-bond acceptors (Lipinski definition) is 2. The third-order valence-electron chi connectivity index (χ3n) is 4.96. The Kier molecular flexibility index (Phi) is 3.11. The van der Waals surface area contributed by atoms with Crippen LogP contribution in [0.2, 0.25) is 0 Å². The molecular formula is C15H21NO3. The monoisotopic (exact) mass is 263 g/mol. The van der Waals surface area contributed by atoms with Gasteiger partial charge in [0.05, 0.1) is 5.92 Å². The molecule has 4 nitrogen and oxygen atoms in total. The SMILES string of the molecule is C[C@@H]1CC=CC[C@H]1C(=O)N[C@@H]1C[C@@H]1[C@@H]1C[C@@H]1C(=O)O. The molecular weight excluding hydrogens is 242 g/mol. The number of aliphatic carboxylic acids is 1. The van der Waals surface area contributed by atoms with Crippen LogP contribution in [0.4, 0.5) is 0 Å². The van der Waals surface area contributed by atoms with Gasteiger partial charge in [0.25, 0.3) is 0 Å². The zero-order valence-corrected chi connectivity index (χ0v) is 11.2. The van der Waals surface area contributed by atoms with Crippen LogP contribution in [0, 0.1) is 29.6 Å².